The summed E-state index contributed by atoms with van der Waals surface area (Å²) in [6.07, 6.45) is 0. The van der Waals surface area contributed by atoms with Crippen molar-refractivity contribution in [2.24, 2.45) is 10.9 Å². The van der Waals surface area contributed by atoms with Gasteiger partial charge in [-0.3, -0.25) is 10.1 Å². The lowest BCUT2D eigenvalue weighted by molar-refractivity contribution is -0.384. The van der Waals surface area contributed by atoms with Crippen LogP contribution < -0.4 is 10.6 Å². The van der Waals surface area contributed by atoms with Gasteiger partial charge in [-0.15, -0.1) is 0 Å². The van der Waals surface area contributed by atoms with Crippen LogP contribution in [0.4, 0.5) is 11.4 Å². The second-order valence-electron chi connectivity index (χ2n) is 4.15. The summed E-state index contributed by atoms with van der Waals surface area (Å²) in [5.74, 6) is -0.156. The number of hydrogen-bond acceptors (Lipinski definition) is 5. The third-order valence-electron chi connectivity index (χ3n) is 2.73. The van der Waals surface area contributed by atoms with Crippen LogP contribution in [-0.4, -0.2) is 29.1 Å². The maximum Gasteiger partial charge on any atom is 0.293 e. The highest BCUT2D eigenvalue weighted by molar-refractivity contribution is 5.98. The second kappa shape index (κ2) is 5.35. The number of nitrogens with two attached hydrogens (primary N) is 1. The lowest BCUT2D eigenvalue weighted by Gasteiger charge is -2.23. The first-order valence-corrected chi connectivity index (χ1v) is 5.37. The van der Waals surface area contributed by atoms with Crippen LogP contribution in [0.25, 0.3) is 0 Å². The molecule has 0 unspecified atom stereocenters. The van der Waals surface area contributed by atoms with E-state index in [9.17, 15) is 10.1 Å². The van der Waals surface area contributed by atoms with E-state index < -0.39 is 4.92 Å². The summed E-state index contributed by atoms with van der Waals surface area (Å²) in [7, 11) is 1.77. The maximum absolute atomic E-state index is 11.0. The van der Waals surface area contributed by atoms with Gasteiger partial charge in [-0.05, 0) is 26.0 Å². The zero-order valence-electron chi connectivity index (χ0n) is 10.5. The number of oxime groups is 1. The van der Waals surface area contributed by atoms with Gasteiger partial charge in [0, 0.05) is 24.7 Å². The van der Waals surface area contributed by atoms with Crippen molar-refractivity contribution in [3.8, 4) is 0 Å². The standard InChI is InChI=1S/C11H16N4O3/c1-7(2)14(3)9-5-4-8(11(12)13-16)6-10(9)15(17)18/h4-7,16H,1-3H3,(H2,12,13). The molecule has 1 rings (SSSR count). The molecule has 0 bridgehead atoms. The molecule has 1 aromatic rings. The van der Waals surface area contributed by atoms with Crippen molar-refractivity contribution in [2.45, 2.75) is 19.9 Å². The minimum atomic E-state index is -0.484. The number of hydrogen-bond donors (Lipinski definition) is 2. The van der Waals surface area contributed by atoms with Crippen LogP contribution in [0.3, 0.4) is 0 Å². The molecule has 98 valence electrons. The molecule has 0 heterocycles. The van der Waals surface area contributed by atoms with E-state index in [0.29, 0.717) is 11.3 Å². The summed E-state index contributed by atoms with van der Waals surface area (Å²) >= 11 is 0. The molecule has 0 amide bonds. The van der Waals surface area contributed by atoms with E-state index in [-0.39, 0.29) is 17.6 Å². The fraction of sp³-hybridized carbons (Fsp3) is 0.364. The summed E-state index contributed by atoms with van der Waals surface area (Å²) in [6.45, 7) is 3.86. The van der Waals surface area contributed by atoms with Crippen molar-refractivity contribution >= 4 is 17.2 Å². The molecular formula is C11H16N4O3. The average Bonchev–Trinajstić information content (AvgIpc) is 2.35. The predicted molar refractivity (Wildman–Crippen MR) is 69.1 cm³/mol. The number of nitro groups is 1. The molecular weight excluding hydrogens is 236 g/mol. The molecule has 1 aromatic carbocycles. The maximum atomic E-state index is 11.0. The summed E-state index contributed by atoms with van der Waals surface area (Å²) in [6, 6.07) is 4.59. The SMILES string of the molecule is CC(C)N(C)c1ccc(C(N)=NO)cc1[N+](=O)[O-]. The number of rotatable bonds is 4. The Labute approximate surface area is 105 Å². The Balaban J connectivity index is 3.34. The van der Waals surface area contributed by atoms with E-state index in [4.69, 9.17) is 10.9 Å². The second-order valence-corrected chi connectivity index (χ2v) is 4.15. The van der Waals surface area contributed by atoms with Crippen LogP contribution >= 0.6 is 0 Å². The van der Waals surface area contributed by atoms with Gasteiger partial charge in [0.15, 0.2) is 5.84 Å². The van der Waals surface area contributed by atoms with E-state index in [1.165, 1.54) is 6.07 Å². The number of nitro benzene ring substituents is 1. The first-order valence-electron chi connectivity index (χ1n) is 5.37. The zero-order valence-corrected chi connectivity index (χ0v) is 10.5. The van der Waals surface area contributed by atoms with E-state index in [1.54, 1.807) is 24.1 Å². The Hall–Kier alpha value is -2.31. The van der Waals surface area contributed by atoms with Crippen LogP contribution in [0, 0.1) is 10.1 Å². The van der Waals surface area contributed by atoms with E-state index in [2.05, 4.69) is 5.16 Å². The molecule has 7 nitrogen and oxygen atoms in total. The van der Waals surface area contributed by atoms with Gasteiger partial charge in [0.2, 0.25) is 0 Å². The smallest absolute Gasteiger partial charge is 0.293 e. The van der Waals surface area contributed by atoms with Crippen molar-refractivity contribution in [2.75, 3.05) is 11.9 Å². The summed E-state index contributed by atoms with van der Waals surface area (Å²) in [5, 5.41) is 22.4. The monoisotopic (exact) mass is 252 g/mol. The van der Waals surface area contributed by atoms with Crippen molar-refractivity contribution in [1.82, 2.24) is 0 Å². The summed E-state index contributed by atoms with van der Waals surface area (Å²) in [4.78, 5) is 12.3. The van der Waals surface area contributed by atoms with Crippen molar-refractivity contribution in [1.29, 1.82) is 0 Å². The van der Waals surface area contributed by atoms with Gasteiger partial charge in [-0.1, -0.05) is 5.16 Å². The van der Waals surface area contributed by atoms with Gasteiger partial charge in [0.25, 0.3) is 5.69 Å². The molecule has 0 fully saturated rings. The Morgan fingerprint density at radius 3 is 2.61 bits per heavy atom. The molecule has 0 saturated heterocycles. The fourth-order valence-corrected chi connectivity index (χ4v) is 1.46. The third kappa shape index (κ3) is 2.68. The number of benzene rings is 1. The lowest BCUT2D eigenvalue weighted by atomic mass is 10.1. The van der Waals surface area contributed by atoms with Crippen LogP contribution in [0.5, 0.6) is 0 Å². The molecule has 0 atom stereocenters. The molecule has 0 radical (unpaired) electrons. The van der Waals surface area contributed by atoms with Crippen molar-refractivity contribution < 1.29 is 10.1 Å². The normalized spacial score (nSPS) is 11.7. The highest BCUT2D eigenvalue weighted by atomic mass is 16.6. The Morgan fingerprint density at radius 1 is 1.56 bits per heavy atom. The fourth-order valence-electron chi connectivity index (χ4n) is 1.46. The minimum absolute atomic E-state index is 0.0738. The molecule has 7 heteroatoms. The minimum Gasteiger partial charge on any atom is -0.409 e. The number of nitrogens with zero attached hydrogens (tertiary/aromatic N) is 3. The average molecular weight is 252 g/mol. The van der Waals surface area contributed by atoms with E-state index in [0.717, 1.165) is 0 Å². The Kier molecular flexibility index (Phi) is 4.09. The van der Waals surface area contributed by atoms with Crippen LogP contribution in [0.15, 0.2) is 23.4 Å². The molecule has 0 spiro atoms. The van der Waals surface area contributed by atoms with Crippen LogP contribution in [0.1, 0.15) is 19.4 Å². The molecule has 0 aliphatic carbocycles. The molecule has 0 aliphatic rings. The van der Waals surface area contributed by atoms with E-state index in [1.807, 2.05) is 13.8 Å². The molecule has 0 saturated carbocycles. The van der Waals surface area contributed by atoms with Crippen molar-refractivity contribution in [3.63, 3.8) is 0 Å². The third-order valence-corrected chi connectivity index (χ3v) is 2.73. The van der Waals surface area contributed by atoms with Gasteiger partial charge >= 0.3 is 0 Å². The van der Waals surface area contributed by atoms with Crippen molar-refractivity contribution in [3.05, 3.63) is 33.9 Å². The largest absolute Gasteiger partial charge is 0.409 e. The Bertz CT molecular complexity index is 485. The lowest BCUT2D eigenvalue weighted by Crippen LogP contribution is -2.26. The molecule has 0 aliphatic heterocycles. The number of anilines is 1. The number of amidine groups is 1. The predicted octanol–water partition coefficient (Wildman–Crippen LogP) is 1.53. The first kappa shape index (κ1) is 13.8. The quantitative estimate of drug-likeness (QED) is 0.278. The summed E-state index contributed by atoms with van der Waals surface area (Å²) in [5.41, 5.74) is 6.14. The van der Waals surface area contributed by atoms with Gasteiger partial charge in [0.1, 0.15) is 5.69 Å². The van der Waals surface area contributed by atoms with Gasteiger partial charge in [0.05, 0.1) is 4.92 Å². The zero-order chi connectivity index (χ0) is 13.9. The highest BCUT2D eigenvalue weighted by Crippen LogP contribution is 2.29. The van der Waals surface area contributed by atoms with Gasteiger partial charge in [-0.25, -0.2) is 0 Å². The van der Waals surface area contributed by atoms with Gasteiger partial charge in [-0.2, -0.15) is 0 Å². The molecule has 18 heavy (non-hydrogen) atoms. The topological polar surface area (TPSA) is 105 Å². The Morgan fingerprint density at radius 2 is 2.17 bits per heavy atom. The summed E-state index contributed by atoms with van der Waals surface area (Å²) < 4.78 is 0. The first-order chi connectivity index (χ1) is 8.38. The molecule has 0 aromatic heterocycles. The van der Waals surface area contributed by atoms with Crippen LogP contribution in [-0.2, 0) is 0 Å². The highest BCUT2D eigenvalue weighted by Gasteiger charge is 2.20. The van der Waals surface area contributed by atoms with Crippen LogP contribution in [0.2, 0.25) is 0 Å². The van der Waals surface area contributed by atoms with E-state index >= 15 is 0 Å². The van der Waals surface area contributed by atoms with Gasteiger partial charge < -0.3 is 15.8 Å². The molecule has 3 N–H and O–H groups in total.